The quantitative estimate of drug-likeness (QED) is 0.180. The normalized spacial score (nSPS) is 28.5. The molecule has 2 heterocycles. The summed E-state index contributed by atoms with van der Waals surface area (Å²) in [5, 5.41) is 0. The van der Waals surface area contributed by atoms with E-state index < -0.39 is 0 Å². The maximum absolute atomic E-state index is 12.5. The van der Waals surface area contributed by atoms with E-state index in [1.54, 1.807) is 0 Å². The van der Waals surface area contributed by atoms with E-state index in [0.29, 0.717) is 11.7 Å². The monoisotopic (exact) mass is 408 g/mol. The van der Waals surface area contributed by atoms with E-state index in [-0.39, 0.29) is 12.4 Å². The van der Waals surface area contributed by atoms with Gasteiger partial charge in [0.25, 0.3) is 0 Å². The molecular weight excluding hydrogens is 366 g/mol. The fraction of sp³-hybridized carbons (Fsp3) is 0.720. The molecule has 2 aliphatic rings. The van der Waals surface area contributed by atoms with Gasteiger partial charge in [-0.2, -0.15) is 0 Å². The van der Waals surface area contributed by atoms with E-state index in [4.69, 9.17) is 0 Å². The number of piperidine rings is 1. The summed E-state index contributed by atoms with van der Waals surface area (Å²) in [7, 11) is 2.44. The first-order valence-corrected chi connectivity index (χ1v) is 11.2. The van der Waals surface area contributed by atoms with Crippen molar-refractivity contribution in [3.05, 3.63) is 35.5 Å². The van der Waals surface area contributed by atoms with Gasteiger partial charge in [-0.15, -0.1) is 12.4 Å². The Morgan fingerprint density at radius 1 is 1.14 bits per heavy atom. The standard InChI is InChI=1S/C25H42NO.ClH/c1-20(2)10-8-11-21(3)12-9-13-22(4)25(27)16-15-23-17-19-26(5)18-7-6-14-24(23)26;/h9-10,12-13,21,23-24H,6-8,11,14-19H2,1-5H3;1H/q+1;/b12-9+,22-13+;. The molecule has 0 aliphatic carbocycles. The number of rotatable bonds is 9. The number of hydrogen-bond donors (Lipinski definition) is 0. The lowest BCUT2D eigenvalue weighted by Gasteiger charge is -2.41. The van der Waals surface area contributed by atoms with Crippen LogP contribution in [-0.2, 0) is 4.79 Å². The maximum Gasteiger partial charge on any atom is 0.158 e. The molecule has 2 rings (SSSR count). The number of halogens is 1. The zero-order chi connectivity index (χ0) is 19.9. The van der Waals surface area contributed by atoms with E-state index >= 15 is 0 Å². The molecule has 0 amide bonds. The lowest BCUT2D eigenvalue weighted by molar-refractivity contribution is -0.927. The number of quaternary nitrogens is 1. The van der Waals surface area contributed by atoms with E-state index in [2.05, 4.69) is 46.0 Å². The first-order valence-electron chi connectivity index (χ1n) is 11.2. The third kappa shape index (κ3) is 7.52. The molecule has 4 atom stereocenters. The van der Waals surface area contributed by atoms with Crippen LogP contribution in [0.15, 0.2) is 35.5 Å². The lowest BCUT2D eigenvalue weighted by atomic mass is 9.87. The largest absolute Gasteiger partial charge is 0.323 e. The van der Waals surface area contributed by atoms with Gasteiger partial charge < -0.3 is 4.48 Å². The van der Waals surface area contributed by atoms with Gasteiger partial charge in [0.15, 0.2) is 5.78 Å². The SMILES string of the molecule is CC(C)=CCCC(C)/C=C/C=C(\C)C(=O)CCC1CC[N+]2(C)CCCCC12.Cl. The van der Waals surface area contributed by atoms with Gasteiger partial charge in [-0.05, 0) is 70.8 Å². The maximum atomic E-state index is 12.5. The van der Waals surface area contributed by atoms with Crippen LogP contribution < -0.4 is 0 Å². The highest BCUT2D eigenvalue weighted by molar-refractivity contribution is 5.94. The Hall–Kier alpha value is -0.860. The zero-order valence-corrected chi connectivity index (χ0v) is 19.7. The number of allylic oxidation sites excluding steroid dienone is 6. The molecule has 2 aliphatic heterocycles. The summed E-state index contributed by atoms with van der Waals surface area (Å²) in [6.07, 6.45) is 18.2. The van der Waals surface area contributed by atoms with Gasteiger partial charge in [0.05, 0.1) is 26.2 Å². The molecule has 2 fully saturated rings. The van der Waals surface area contributed by atoms with Crippen molar-refractivity contribution in [2.24, 2.45) is 11.8 Å². The van der Waals surface area contributed by atoms with Gasteiger partial charge in [-0.1, -0.05) is 36.8 Å². The second-order valence-electron chi connectivity index (χ2n) is 9.57. The summed E-state index contributed by atoms with van der Waals surface area (Å²) in [5.41, 5.74) is 2.31. The van der Waals surface area contributed by atoms with Crippen molar-refractivity contribution in [2.45, 2.75) is 85.1 Å². The van der Waals surface area contributed by atoms with Crippen LogP contribution in [0.2, 0.25) is 0 Å². The molecule has 4 unspecified atom stereocenters. The zero-order valence-electron chi connectivity index (χ0n) is 18.9. The smallest absolute Gasteiger partial charge is 0.158 e. The molecule has 0 aromatic carbocycles. The molecule has 0 bridgehead atoms. The predicted octanol–water partition coefficient (Wildman–Crippen LogP) is 6.66. The molecule has 0 saturated carbocycles. The first kappa shape index (κ1) is 25.2. The summed E-state index contributed by atoms with van der Waals surface area (Å²) in [5.74, 6) is 1.66. The Morgan fingerprint density at radius 3 is 2.61 bits per heavy atom. The topological polar surface area (TPSA) is 17.1 Å². The van der Waals surface area contributed by atoms with Crippen molar-refractivity contribution in [1.82, 2.24) is 0 Å². The van der Waals surface area contributed by atoms with Gasteiger partial charge in [0, 0.05) is 18.8 Å². The highest BCUT2D eigenvalue weighted by atomic mass is 35.5. The number of carbonyl (C=O) groups excluding carboxylic acids is 1. The van der Waals surface area contributed by atoms with Crippen LogP contribution in [0.3, 0.4) is 0 Å². The Kier molecular flexibility index (Phi) is 10.8. The molecule has 3 heteroatoms. The molecular formula is C25H43ClNO+. The van der Waals surface area contributed by atoms with E-state index in [1.165, 1.54) is 55.2 Å². The fourth-order valence-electron chi connectivity index (χ4n) is 5.04. The van der Waals surface area contributed by atoms with Crippen molar-refractivity contribution < 1.29 is 9.28 Å². The second kappa shape index (κ2) is 12.0. The minimum Gasteiger partial charge on any atom is -0.323 e. The van der Waals surface area contributed by atoms with Crippen LogP contribution in [-0.4, -0.2) is 36.4 Å². The van der Waals surface area contributed by atoms with Crippen LogP contribution in [0, 0.1) is 11.8 Å². The van der Waals surface area contributed by atoms with Gasteiger partial charge in [0.2, 0.25) is 0 Å². The Balaban J connectivity index is 0.00000392. The fourth-order valence-corrected chi connectivity index (χ4v) is 5.04. The Labute approximate surface area is 180 Å². The predicted molar refractivity (Wildman–Crippen MR) is 124 cm³/mol. The van der Waals surface area contributed by atoms with Crippen LogP contribution >= 0.6 is 12.4 Å². The summed E-state index contributed by atoms with van der Waals surface area (Å²) < 4.78 is 1.28. The lowest BCUT2D eigenvalue weighted by Crippen LogP contribution is -2.52. The number of carbonyl (C=O) groups is 1. The van der Waals surface area contributed by atoms with Crippen LogP contribution in [0.4, 0.5) is 0 Å². The van der Waals surface area contributed by atoms with Gasteiger partial charge in [0.1, 0.15) is 0 Å². The van der Waals surface area contributed by atoms with Crippen molar-refractivity contribution in [3.8, 4) is 0 Å². The average molecular weight is 409 g/mol. The third-order valence-electron chi connectivity index (χ3n) is 6.92. The van der Waals surface area contributed by atoms with Gasteiger partial charge in [-0.3, -0.25) is 4.79 Å². The number of fused-ring (bicyclic) bond motifs is 1. The van der Waals surface area contributed by atoms with E-state index in [0.717, 1.165) is 36.8 Å². The molecule has 0 aromatic heterocycles. The van der Waals surface area contributed by atoms with Crippen molar-refractivity contribution in [1.29, 1.82) is 0 Å². The molecule has 0 aromatic rings. The summed E-state index contributed by atoms with van der Waals surface area (Å²) >= 11 is 0. The van der Waals surface area contributed by atoms with Crippen molar-refractivity contribution >= 4 is 18.2 Å². The summed E-state index contributed by atoms with van der Waals surface area (Å²) in [4.78, 5) is 12.5. The first-order chi connectivity index (χ1) is 12.8. The van der Waals surface area contributed by atoms with Gasteiger partial charge in [-0.25, -0.2) is 0 Å². The number of nitrogens with zero attached hydrogens (tertiary/aromatic N) is 1. The number of Topliss-reactive ketones (excluding diaryl/α,β-unsaturated/α-hetero) is 1. The number of hydrogen-bond acceptors (Lipinski definition) is 1. The molecule has 160 valence electrons. The summed E-state index contributed by atoms with van der Waals surface area (Å²) in [6.45, 7) is 11.2. The van der Waals surface area contributed by atoms with Crippen molar-refractivity contribution in [2.75, 3.05) is 20.1 Å². The Bertz CT molecular complexity index is 587. The highest BCUT2D eigenvalue weighted by Crippen LogP contribution is 2.39. The van der Waals surface area contributed by atoms with Gasteiger partial charge >= 0.3 is 0 Å². The minimum atomic E-state index is 0. The minimum absolute atomic E-state index is 0. The van der Waals surface area contributed by atoms with Crippen LogP contribution in [0.1, 0.15) is 79.1 Å². The molecule has 2 saturated heterocycles. The molecule has 0 spiro atoms. The summed E-state index contributed by atoms with van der Waals surface area (Å²) in [6, 6.07) is 0.817. The van der Waals surface area contributed by atoms with E-state index in [9.17, 15) is 4.79 Å². The van der Waals surface area contributed by atoms with Crippen LogP contribution in [0.25, 0.3) is 0 Å². The van der Waals surface area contributed by atoms with Crippen molar-refractivity contribution in [3.63, 3.8) is 0 Å². The van der Waals surface area contributed by atoms with Crippen LogP contribution in [0.5, 0.6) is 0 Å². The molecule has 0 N–H and O–H groups in total. The van der Waals surface area contributed by atoms with E-state index in [1.807, 2.05) is 13.0 Å². The average Bonchev–Trinajstić information content (AvgIpc) is 2.95. The molecule has 28 heavy (non-hydrogen) atoms. The third-order valence-corrected chi connectivity index (χ3v) is 6.92. The second-order valence-corrected chi connectivity index (χ2v) is 9.57. The number of ketones is 1. The highest BCUT2D eigenvalue weighted by Gasteiger charge is 2.46. The molecule has 0 radical (unpaired) electrons. The Morgan fingerprint density at radius 2 is 1.89 bits per heavy atom. The molecule has 2 nitrogen and oxygen atoms in total.